The number of ether oxygens (including phenoxy) is 1. The molecule has 0 N–H and O–H groups in total. The molecule has 0 unspecified atom stereocenters. The van der Waals surface area contributed by atoms with Crippen molar-refractivity contribution in [1.82, 2.24) is 18.7 Å². The maximum absolute atomic E-state index is 13.5. The van der Waals surface area contributed by atoms with Gasteiger partial charge in [0.05, 0.1) is 7.11 Å². The zero-order valence-corrected chi connectivity index (χ0v) is 19.1. The van der Waals surface area contributed by atoms with Crippen LogP contribution < -0.4 is 20.9 Å². The van der Waals surface area contributed by atoms with Gasteiger partial charge in [0.2, 0.25) is 5.95 Å². The van der Waals surface area contributed by atoms with Crippen LogP contribution in [0.2, 0.25) is 0 Å². The van der Waals surface area contributed by atoms with Gasteiger partial charge in [-0.05, 0) is 42.2 Å². The molecule has 2 aromatic carbocycles. The first-order valence-electron chi connectivity index (χ1n) is 11.1. The highest BCUT2D eigenvalue weighted by Gasteiger charge is 2.29. The number of aromatic nitrogens is 4. The molecule has 0 aliphatic carbocycles. The van der Waals surface area contributed by atoms with Gasteiger partial charge in [0.1, 0.15) is 5.75 Å². The predicted molar refractivity (Wildman–Crippen MR) is 129 cm³/mol. The van der Waals surface area contributed by atoms with Crippen LogP contribution in [0.15, 0.2) is 64.2 Å². The summed E-state index contributed by atoms with van der Waals surface area (Å²) in [6, 6.07) is 17.7. The van der Waals surface area contributed by atoms with E-state index >= 15 is 0 Å². The number of methoxy groups -OCH3 is 1. The highest BCUT2D eigenvalue weighted by atomic mass is 16.5. The first-order valence-corrected chi connectivity index (χ1v) is 11.1. The molecule has 1 atom stereocenters. The third kappa shape index (κ3) is 3.61. The molecule has 170 valence electrons. The lowest BCUT2D eigenvalue weighted by Gasteiger charge is -2.33. The van der Waals surface area contributed by atoms with Crippen molar-refractivity contribution in [1.29, 1.82) is 0 Å². The molecule has 3 heterocycles. The largest absolute Gasteiger partial charge is 0.497 e. The van der Waals surface area contributed by atoms with Gasteiger partial charge in [-0.3, -0.25) is 13.9 Å². The van der Waals surface area contributed by atoms with Gasteiger partial charge in [-0.25, -0.2) is 4.79 Å². The molecule has 0 fully saturated rings. The van der Waals surface area contributed by atoms with Crippen molar-refractivity contribution in [3.05, 3.63) is 81.0 Å². The predicted octanol–water partition coefficient (Wildman–Crippen LogP) is 2.94. The number of imidazole rings is 1. The van der Waals surface area contributed by atoms with Crippen LogP contribution in [-0.2, 0) is 26.6 Å². The second kappa shape index (κ2) is 8.27. The van der Waals surface area contributed by atoms with E-state index in [4.69, 9.17) is 9.72 Å². The standard InChI is InChI=1S/C25H27N5O3/c1-17-15-29(19-9-11-20(33-3)12-10-19)24-26-22-21(30(24)16-17)23(31)28(25(32)27(22)2)14-13-18-7-5-4-6-8-18/h4-12,17H,13-16H2,1-3H3/t17-/m1/s1. The number of hydrogen-bond acceptors (Lipinski definition) is 5. The van der Waals surface area contributed by atoms with Gasteiger partial charge in [-0.15, -0.1) is 0 Å². The number of anilines is 2. The quantitative estimate of drug-likeness (QED) is 0.472. The van der Waals surface area contributed by atoms with Gasteiger partial charge < -0.3 is 14.2 Å². The molecule has 0 saturated heterocycles. The first kappa shape index (κ1) is 21.1. The van der Waals surface area contributed by atoms with Crippen LogP contribution in [0.1, 0.15) is 12.5 Å². The molecule has 0 amide bonds. The number of fused-ring (bicyclic) bond motifs is 3. The molecule has 0 saturated carbocycles. The Bertz CT molecular complexity index is 1420. The first-order chi connectivity index (χ1) is 16.0. The molecule has 1 aliphatic heterocycles. The Labute approximate surface area is 191 Å². The van der Waals surface area contributed by atoms with Crippen molar-refractivity contribution < 1.29 is 4.74 Å². The molecule has 0 bridgehead atoms. The Kier molecular flexibility index (Phi) is 5.28. The van der Waals surface area contributed by atoms with Gasteiger partial charge >= 0.3 is 5.69 Å². The SMILES string of the molecule is COc1ccc(N2C[C@@H](C)Cn3c2nc2c3c(=O)n(CCc3ccccc3)c(=O)n2C)cc1. The lowest BCUT2D eigenvalue weighted by molar-refractivity contribution is 0.414. The number of rotatable bonds is 5. The van der Waals surface area contributed by atoms with Crippen LogP contribution in [0.4, 0.5) is 11.6 Å². The monoisotopic (exact) mass is 445 g/mol. The summed E-state index contributed by atoms with van der Waals surface area (Å²) >= 11 is 0. The topological polar surface area (TPSA) is 74.3 Å². The average Bonchev–Trinajstić information content (AvgIpc) is 3.22. The van der Waals surface area contributed by atoms with Crippen LogP contribution in [0.25, 0.3) is 11.2 Å². The van der Waals surface area contributed by atoms with Crippen molar-refractivity contribution in [2.24, 2.45) is 13.0 Å². The summed E-state index contributed by atoms with van der Waals surface area (Å²) in [7, 11) is 3.32. The molecule has 1 aliphatic rings. The Morgan fingerprint density at radius 1 is 1.03 bits per heavy atom. The minimum absolute atomic E-state index is 0.286. The van der Waals surface area contributed by atoms with E-state index in [2.05, 4.69) is 11.8 Å². The molecule has 8 nitrogen and oxygen atoms in total. The fraction of sp³-hybridized carbons (Fsp3) is 0.320. The molecule has 0 radical (unpaired) electrons. The zero-order chi connectivity index (χ0) is 23.1. The van der Waals surface area contributed by atoms with Crippen LogP contribution in [0, 0.1) is 5.92 Å². The van der Waals surface area contributed by atoms with Crippen LogP contribution in [0.5, 0.6) is 5.75 Å². The summed E-state index contributed by atoms with van der Waals surface area (Å²) in [4.78, 5) is 33.5. The summed E-state index contributed by atoms with van der Waals surface area (Å²) in [6.45, 7) is 3.92. The molecule has 33 heavy (non-hydrogen) atoms. The van der Waals surface area contributed by atoms with E-state index in [1.54, 1.807) is 14.2 Å². The van der Waals surface area contributed by atoms with E-state index in [0.717, 1.165) is 23.5 Å². The fourth-order valence-corrected chi connectivity index (χ4v) is 4.57. The maximum Gasteiger partial charge on any atom is 0.332 e. The van der Waals surface area contributed by atoms with E-state index in [9.17, 15) is 9.59 Å². The van der Waals surface area contributed by atoms with Crippen LogP contribution in [-0.4, -0.2) is 32.3 Å². The second-order valence-electron chi connectivity index (χ2n) is 8.64. The van der Waals surface area contributed by atoms with Crippen molar-refractivity contribution >= 4 is 22.8 Å². The van der Waals surface area contributed by atoms with Gasteiger partial charge in [0, 0.05) is 32.4 Å². The minimum Gasteiger partial charge on any atom is -0.497 e. The molecule has 2 aromatic heterocycles. The highest BCUT2D eigenvalue weighted by Crippen LogP contribution is 2.33. The minimum atomic E-state index is -0.345. The Morgan fingerprint density at radius 3 is 2.45 bits per heavy atom. The Balaban J connectivity index is 1.63. The molecule has 0 spiro atoms. The molecular weight excluding hydrogens is 418 g/mol. The third-order valence-electron chi connectivity index (χ3n) is 6.29. The van der Waals surface area contributed by atoms with Gasteiger partial charge in [0.25, 0.3) is 5.56 Å². The molecular formula is C25H27N5O3. The summed E-state index contributed by atoms with van der Waals surface area (Å²) in [5, 5.41) is 0. The number of nitrogens with zero attached hydrogens (tertiary/aromatic N) is 5. The van der Waals surface area contributed by atoms with E-state index in [0.29, 0.717) is 42.5 Å². The maximum atomic E-state index is 13.5. The van der Waals surface area contributed by atoms with E-state index in [-0.39, 0.29) is 11.2 Å². The number of benzene rings is 2. The lowest BCUT2D eigenvalue weighted by Crippen LogP contribution is -2.40. The third-order valence-corrected chi connectivity index (χ3v) is 6.29. The van der Waals surface area contributed by atoms with Gasteiger partial charge in [-0.2, -0.15) is 4.98 Å². The summed E-state index contributed by atoms with van der Waals surface area (Å²) in [6.07, 6.45) is 0.608. The van der Waals surface area contributed by atoms with Gasteiger partial charge in [0.15, 0.2) is 11.2 Å². The average molecular weight is 446 g/mol. The number of aryl methyl sites for hydroxylation is 2. The highest BCUT2D eigenvalue weighted by molar-refractivity contribution is 5.77. The molecule has 4 aromatic rings. The normalized spacial score (nSPS) is 15.6. The van der Waals surface area contributed by atoms with Crippen molar-refractivity contribution in [2.45, 2.75) is 26.4 Å². The molecule has 5 rings (SSSR count). The van der Waals surface area contributed by atoms with E-state index in [1.807, 2.05) is 59.2 Å². The van der Waals surface area contributed by atoms with Gasteiger partial charge in [-0.1, -0.05) is 37.3 Å². The Morgan fingerprint density at radius 2 is 1.76 bits per heavy atom. The molecule has 8 heteroatoms. The summed E-state index contributed by atoms with van der Waals surface area (Å²) in [5.41, 5.74) is 2.32. The Hall–Kier alpha value is -3.81. The zero-order valence-electron chi connectivity index (χ0n) is 19.1. The second-order valence-corrected chi connectivity index (χ2v) is 8.64. The van der Waals surface area contributed by atoms with E-state index in [1.165, 1.54) is 9.13 Å². The lowest BCUT2D eigenvalue weighted by atomic mass is 10.1. The van der Waals surface area contributed by atoms with Crippen LogP contribution >= 0.6 is 0 Å². The summed E-state index contributed by atoms with van der Waals surface area (Å²) in [5.74, 6) is 1.76. The van der Waals surface area contributed by atoms with E-state index < -0.39 is 0 Å². The van der Waals surface area contributed by atoms with Crippen LogP contribution in [0.3, 0.4) is 0 Å². The fourth-order valence-electron chi connectivity index (χ4n) is 4.57. The summed E-state index contributed by atoms with van der Waals surface area (Å²) < 4.78 is 10.1. The van der Waals surface area contributed by atoms with Crippen molar-refractivity contribution in [3.63, 3.8) is 0 Å². The smallest absolute Gasteiger partial charge is 0.332 e. The van der Waals surface area contributed by atoms with Crippen molar-refractivity contribution in [3.8, 4) is 5.75 Å². The number of hydrogen-bond donors (Lipinski definition) is 0. The van der Waals surface area contributed by atoms with Crippen molar-refractivity contribution in [2.75, 3.05) is 18.6 Å².